The minimum atomic E-state index is -4.99. The SMILES string of the molecule is CC[C@@H]1CC(N(Cc2cc(C(F)(F)F)cc(C(F)(F)F)c2)c2ncc(Br)cn2)C[C@H](CC)N1C(=O)OC1CCC(C(=O)O)CC1. The Kier molecular flexibility index (Phi) is 10.9. The minimum Gasteiger partial charge on any atom is -0.481 e. The molecule has 4 rings (SSSR count). The number of nitrogens with zero attached hydrogens (tertiary/aromatic N) is 4. The Balaban J connectivity index is 1.62. The van der Waals surface area contributed by atoms with Gasteiger partial charge in [-0.05, 0) is 91.1 Å². The Labute approximate surface area is 265 Å². The average molecular weight is 710 g/mol. The Morgan fingerprint density at radius 1 is 0.933 bits per heavy atom. The lowest BCUT2D eigenvalue weighted by atomic mass is 9.87. The van der Waals surface area contributed by atoms with Gasteiger partial charge in [0.15, 0.2) is 0 Å². The number of aromatic nitrogens is 2. The number of carboxylic acid groups (broad SMARTS) is 1. The molecular formula is C30H35BrF6N4O4. The number of amides is 1. The van der Waals surface area contributed by atoms with E-state index in [9.17, 15) is 41.0 Å². The van der Waals surface area contributed by atoms with Gasteiger partial charge in [0.2, 0.25) is 5.95 Å². The maximum Gasteiger partial charge on any atom is 0.416 e. The molecule has 0 spiro atoms. The molecule has 1 amide bonds. The molecule has 1 aromatic heterocycles. The highest BCUT2D eigenvalue weighted by atomic mass is 79.9. The first-order valence-corrected chi connectivity index (χ1v) is 15.6. The van der Waals surface area contributed by atoms with Gasteiger partial charge in [0.1, 0.15) is 6.10 Å². The van der Waals surface area contributed by atoms with E-state index in [0.29, 0.717) is 68.0 Å². The number of aliphatic carboxylic acids is 1. The summed E-state index contributed by atoms with van der Waals surface area (Å²) in [6, 6.07) is 0.397. The summed E-state index contributed by atoms with van der Waals surface area (Å²) in [6.45, 7) is 3.45. The van der Waals surface area contributed by atoms with Gasteiger partial charge < -0.3 is 19.6 Å². The van der Waals surface area contributed by atoms with Crippen molar-refractivity contribution in [2.24, 2.45) is 5.92 Å². The molecule has 45 heavy (non-hydrogen) atoms. The molecule has 2 fully saturated rings. The van der Waals surface area contributed by atoms with Crippen LogP contribution in [0, 0.1) is 5.92 Å². The number of carboxylic acids is 1. The zero-order valence-corrected chi connectivity index (χ0v) is 26.3. The van der Waals surface area contributed by atoms with Crippen molar-refractivity contribution in [3.8, 4) is 0 Å². The lowest BCUT2D eigenvalue weighted by Gasteiger charge is -2.47. The van der Waals surface area contributed by atoms with Crippen LogP contribution in [0.25, 0.3) is 0 Å². The van der Waals surface area contributed by atoms with Crippen molar-refractivity contribution < 1.29 is 45.8 Å². The summed E-state index contributed by atoms with van der Waals surface area (Å²) in [5.74, 6) is -1.19. The lowest BCUT2D eigenvalue weighted by Crippen LogP contribution is -2.57. The predicted molar refractivity (Wildman–Crippen MR) is 155 cm³/mol. The number of ether oxygens (including phenoxy) is 1. The van der Waals surface area contributed by atoms with E-state index < -0.39 is 53.6 Å². The number of carbonyl (C=O) groups is 2. The maximum atomic E-state index is 13.6. The fourth-order valence-corrected chi connectivity index (χ4v) is 6.49. The molecular weight excluding hydrogens is 674 g/mol. The summed E-state index contributed by atoms with van der Waals surface area (Å²) in [7, 11) is 0. The molecule has 1 aliphatic heterocycles. The van der Waals surface area contributed by atoms with Crippen molar-refractivity contribution in [1.82, 2.24) is 14.9 Å². The Hall–Kier alpha value is -3.10. The second-order valence-electron chi connectivity index (χ2n) is 11.6. The topological polar surface area (TPSA) is 95.9 Å². The molecule has 0 bridgehead atoms. The molecule has 1 saturated heterocycles. The van der Waals surface area contributed by atoms with Crippen LogP contribution in [0.15, 0.2) is 35.1 Å². The molecule has 2 aliphatic rings. The predicted octanol–water partition coefficient (Wildman–Crippen LogP) is 8.08. The largest absolute Gasteiger partial charge is 0.481 e. The van der Waals surface area contributed by atoms with Crippen LogP contribution >= 0.6 is 15.9 Å². The van der Waals surface area contributed by atoms with E-state index in [0.717, 1.165) is 0 Å². The monoisotopic (exact) mass is 708 g/mol. The standard InChI is InChI=1S/C30H35BrF6N4O4/c1-3-22-12-24(13-23(4-2)41(22)28(44)45-25-7-5-18(6-8-25)26(42)43)40(27-38-14-21(31)15-39-27)16-17-9-19(29(32,33)34)11-20(10-17)30(35,36)37/h9-11,14-15,18,22-25H,3-8,12-13,16H2,1-2H3,(H,42,43)/t18?,22-,23+,24?,25?. The summed E-state index contributed by atoms with van der Waals surface area (Å²) >= 11 is 3.26. The Morgan fingerprint density at radius 3 is 1.89 bits per heavy atom. The number of anilines is 1. The van der Waals surface area contributed by atoms with Gasteiger partial charge in [-0.3, -0.25) is 4.79 Å². The van der Waals surface area contributed by atoms with Gasteiger partial charge in [-0.1, -0.05) is 13.8 Å². The highest BCUT2D eigenvalue weighted by molar-refractivity contribution is 9.10. The van der Waals surface area contributed by atoms with Crippen LogP contribution in [-0.4, -0.2) is 56.3 Å². The van der Waals surface area contributed by atoms with Crippen LogP contribution in [0.2, 0.25) is 0 Å². The quantitative estimate of drug-likeness (QED) is 0.277. The zero-order chi connectivity index (χ0) is 33.1. The minimum absolute atomic E-state index is 0.0996. The van der Waals surface area contributed by atoms with Crippen molar-refractivity contribution in [2.45, 2.75) is 108 Å². The van der Waals surface area contributed by atoms with Gasteiger partial charge in [-0.15, -0.1) is 0 Å². The first-order valence-electron chi connectivity index (χ1n) is 14.8. The van der Waals surface area contributed by atoms with Crippen molar-refractivity contribution in [3.63, 3.8) is 0 Å². The molecule has 1 aliphatic carbocycles. The number of likely N-dealkylation sites (tertiary alicyclic amines) is 1. The highest BCUT2D eigenvalue weighted by Crippen LogP contribution is 2.38. The Bertz CT molecular complexity index is 1290. The average Bonchev–Trinajstić information content (AvgIpc) is 2.98. The summed E-state index contributed by atoms with van der Waals surface area (Å²) in [4.78, 5) is 36.7. The molecule has 1 aromatic carbocycles. The van der Waals surface area contributed by atoms with E-state index in [1.807, 2.05) is 13.8 Å². The van der Waals surface area contributed by atoms with Gasteiger partial charge >= 0.3 is 24.4 Å². The van der Waals surface area contributed by atoms with E-state index >= 15 is 0 Å². The number of halogens is 7. The van der Waals surface area contributed by atoms with Crippen LogP contribution in [0.1, 0.15) is 81.9 Å². The van der Waals surface area contributed by atoms with E-state index in [1.54, 1.807) is 9.80 Å². The number of rotatable bonds is 8. The summed E-state index contributed by atoms with van der Waals surface area (Å²) in [5, 5.41) is 9.27. The van der Waals surface area contributed by atoms with Gasteiger partial charge in [0.05, 0.1) is 21.5 Å². The molecule has 3 atom stereocenters. The van der Waals surface area contributed by atoms with E-state index in [2.05, 4.69) is 25.9 Å². The van der Waals surface area contributed by atoms with Gasteiger partial charge in [0.25, 0.3) is 0 Å². The molecule has 0 radical (unpaired) electrons. The van der Waals surface area contributed by atoms with Gasteiger partial charge in [0, 0.05) is 37.1 Å². The molecule has 2 heterocycles. The highest BCUT2D eigenvalue weighted by Gasteiger charge is 2.42. The number of alkyl halides is 6. The van der Waals surface area contributed by atoms with Crippen molar-refractivity contribution in [2.75, 3.05) is 4.90 Å². The van der Waals surface area contributed by atoms with Crippen molar-refractivity contribution in [3.05, 3.63) is 51.8 Å². The maximum absolute atomic E-state index is 13.6. The van der Waals surface area contributed by atoms with Crippen LogP contribution in [-0.2, 0) is 28.4 Å². The second-order valence-corrected chi connectivity index (χ2v) is 12.5. The molecule has 8 nitrogen and oxygen atoms in total. The first-order chi connectivity index (χ1) is 21.1. The number of hydrogen-bond donors (Lipinski definition) is 1. The number of hydrogen-bond acceptors (Lipinski definition) is 6. The fourth-order valence-electron chi connectivity index (χ4n) is 6.28. The number of piperidine rings is 1. The third-order valence-electron chi connectivity index (χ3n) is 8.62. The normalized spacial score (nSPS) is 24.3. The van der Waals surface area contributed by atoms with Crippen LogP contribution in [0.4, 0.5) is 37.1 Å². The van der Waals surface area contributed by atoms with Crippen LogP contribution in [0.5, 0.6) is 0 Å². The van der Waals surface area contributed by atoms with Crippen LogP contribution < -0.4 is 4.90 Å². The van der Waals surface area contributed by atoms with Gasteiger partial charge in [-0.2, -0.15) is 26.3 Å². The number of benzene rings is 1. The smallest absolute Gasteiger partial charge is 0.416 e. The molecule has 1 N–H and O–H groups in total. The first kappa shape index (κ1) is 34.8. The summed E-state index contributed by atoms with van der Waals surface area (Å²) < 4.78 is 88.2. The molecule has 1 saturated carbocycles. The van der Waals surface area contributed by atoms with E-state index in [-0.39, 0.29) is 36.2 Å². The van der Waals surface area contributed by atoms with Gasteiger partial charge in [-0.25, -0.2) is 14.8 Å². The summed E-state index contributed by atoms with van der Waals surface area (Å²) in [6.07, 6.45) is -4.56. The molecule has 248 valence electrons. The Morgan fingerprint density at radius 2 is 1.44 bits per heavy atom. The van der Waals surface area contributed by atoms with Crippen molar-refractivity contribution in [1.29, 1.82) is 0 Å². The fraction of sp³-hybridized carbons (Fsp3) is 0.600. The third kappa shape index (κ3) is 8.59. The van der Waals surface area contributed by atoms with Crippen molar-refractivity contribution >= 4 is 33.9 Å². The summed E-state index contributed by atoms with van der Waals surface area (Å²) in [5.41, 5.74) is -3.02. The number of carbonyl (C=O) groups excluding carboxylic acids is 1. The molecule has 15 heteroatoms. The van der Waals surface area contributed by atoms with E-state index in [4.69, 9.17) is 4.74 Å². The zero-order valence-electron chi connectivity index (χ0n) is 24.7. The van der Waals surface area contributed by atoms with E-state index in [1.165, 1.54) is 12.4 Å². The van der Waals surface area contributed by atoms with Crippen LogP contribution in [0.3, 0.4) is 0 Å². The molecule has 2 aromatic rings. The second kappa shape index (κ2) is 14.1. The third-order valence-corrected chi connectivity index (χ3v) is 9.03. The molecule has 1 unspecified atom stereocenters. The lowest BCUT2D eigenvalue weighted by molar-refractivity contribution is -0.144.